The van der Waals surface area contributed by atoms with Gasteiger partial charge in [-0.05, 0) is 37.9 Å². The first-order valence-corrected chi connectivity index (χ1v) is 8.00. The van der Waals surface area contributed by atoms with E-state index in [0.717, 1.165) is 32.1 Å². The normalized spacial score (nSPS) is 12.2. The van der Waals surface area contributed by atoms with Gasteiger partial charge in [-0.25, -0.2) is 4.99 Å². The van der Waals surface area contributed by atoms with Crippen LogP contribution in [-0.4, -0.2) is 44.6 Å². The van der Waals surface area contributed by atoms with Gasteiger partial charge < -0.3 is 15.5 Å². The molecule has 2 N–H and O–H groups in total. The van der Waals surface area contributed by atoms with Crippen LogP contribution in [0.25, 0.3) is 0 Å². The van der Waals surface area contributed by atoms with Gasteiger partial charge in [-0.1, -0.05) is 19.9 Å². The monoisotopic (exact) mass is 424 g/mol. The van der Waals surface area contributed by atoms with Gasteiger partial charge in [0.25, 0.3) is 0 Å². The third-order valence-corrected chi connectivity index (χ3v) is 3.66. The lowest BCUT2D eigenvalue weighted by Gasteiger charge is -2.29. The Kier molecular flexibility index (Phi) is 10.2. The number of thiophene rings is 1. The molecule has 0 aliphatic carbocycles. The van der Waals surface area contributed by atoms with Crippen molar-refractivity contribution in [2.45, 2.75) is 27.3 Å². The number of aliphatic imine (C=N–C) groups is 1. The minimum atomic E-state index is 0. The second-order valence-electron chi connectivity index (χ2n) is 6.03. The average Bonchev–Trinajstić information content (AvgIpc) is 2.84. The topological polar surface area (TPSA) is 39.7 Å². The van der Waals surface area contributed by atoms with Crippen molar-refractivity contribution in [1.29, 1.82) is 0 Å². The van der Waals surface area contributed by atoms with Crippen LogP contribution in [0.15, 0.2) is 22.5 Å². The minimum Gasteiger partial charge on any atom is -0.357 e. The fourth-order valence-corrected chi connectivity index (χ4v) is 2.76. The standard InChI is InChI=1S/C15H28N4S.HI/c1-6-16-14(17-10-13-8-7-9-20-13)18-11-15(2,3)12-19(4)5;/h7-9H,6,10-12H2,1-5H3,(H2,16,17,18);1H. The molecule has 4 nitrogen and oxygen atoms in total. The summed E-state index contributed by atoms with van der Waals surface area (Å²) < 4.78 is 0. The maximum atomic E-state index is 4.63. The van der Waals surface area contributed by atoms with Crippen molar-refractivity contribution in [1.82, 2.24) is 15.5 Å². The Morgan fingerprint density at radius 2 is 2.05 bits per heavy atom. The van der Waals surface area contributed by atoms with Gasteiger partial charge in [-0.3, -0.25) is 0 Å². The maximum absolute atomic E-state index is 4.63. The van der Waals surface area contributed by atoms with E-state index in [1.165, 1.54) is 4.88 Å². The van der Waals surface area contributed by atoms with Crippen LogP contribution in [0.2, 0.25) is 0 Å². The van der Waals surface area contributed by atoms with Crippen LogP contribution in [0.5, 0.6) is 0 Å². The van der Waals surface area contributed by atoms with E-state index in [1.54, 1.807) is 11.3 Å². The molecule has 0 aliphatic heterocycles. The molecule has 21 heavy (non-hydrogen) atoms. The fourth-order valence-electron chi connectivity index (χ4n) is 2.14. The van der Waals surface area contributed by atoms with Crippen LogP contribution in [0.1, 0.15) is 25.6 Å². The second-order valence-corrected chi connectivity index (χ2v) is 7.06. The highest BCUT2D eigenvalue weighted by Gasteiger charge is 2.19. The van der Waals surface area contributed by atoms with E-state index >= 15 is 0 Å². The summed E-state index contributed by atoms with van der Waals surface area (Å²) in [5.74, 6) is 0.896. The molecule has 0 bridgehead atoms. The lowest BCUT2D eigenvalue weighted by molar-refractivity contribution is 0.241. The Labute approximate surface area is 150 Å². The third-order valence-electron chi connectivity index (χ3n) is 2.80. The Balaban J connectivity index is 0.00000400. The summed E-state index contributed by atoms with van der Waals surface area (Å²) in [7, 11) is 4.22. The minimum absolute atomic E-state index is 0. The van der Waals surface area contributed by atoms with Crippen LogP contribution >= 0.6 is 35.3 Å². The molecule has 0 saturated heterocycles. The van der Waals surface area contributed by atoms with E-state index in [0.29, 0.717) is 0 Å². The maximum Gasteiger partial charge on any atom is 0.191 e. The fraction of sp³-hybridized carbons (Fsp3) is 0.667. The molecule has 0 unspecified atom stereocenters. The Morgan fingerprint density at radius 1 is 1.33 bits per heavy atom. The van der Waals surface area contributed by atoms with Gasteiger partial charge in [0.05, 0.1) is 6.54 Å². The zero-order valence-electron chi connectivity index (χ0n) is 13.8. The molecule has 0 aliphatic rings. The highest BCUT2D eigenvalue weighted by atomic mass is 127. The molecule has 0 aromatic carbocycles. The first-order valence-electron chi connectivity index (χ1n) is 7.12. The molecule has 0 saturated carbocycles. The number of nitrogens with one attached hydrogen (secondary N) is 2. The molecular formula is C15H29IN4S. The van der Waals surface area contributed by atoms with Gasteiger partial charge in [0.2, 0.25) is 0 Å². The van der Waals surface area contributed by atoms with E-state index < -0.39 is 0 Å². The van der Waals surface area contributed by atoms with Gasteiger partial charge in [0.15, 0.2) is 5.96 Å². The predicted octanol–water partition coefficient (Wildman–Crippen LogP) is 3.01. The molecule has 0 atom stereocenters. The lowest BCUT2D eigenvalue weighted by atomic mass is 9.93. The summed E-state index contributed by atoms with van der Waals surface area (Å²) in [6.45, 7) is 10.2. The van der Waals surface area contributed by atoms with E-state index in [4.69, 9.17) is 0 Å². The van der Waals surface area contributed by atoms with E-state index in [9.17, 15) is 0 Å². The molecule has 1 aromatic heterocycles. The van der Waals surface area contributed by atoms with E-state index in [1.807, 2.05) is 0 Å². The Bertz CT molecular complexity index is 402. The first kappa shape index (κ1) is 20.7. The molecule has 0 spiro atoms. The number of hydrogen-bond donors (Lipinski definition) is 2. The van der Waals surface area contributed by atoms with Crippen LogP contribution < -0.4 is 10.6 Å². The van der Waals surface area contributed by atoms with Gasteiger partial charge in [-0.2, -0.15) is 0 Å². The van der Waals surface area contributed by atoms with Gasteiger partial charge in [-0.15, -0.1) is 35.3 Å². The van der Waals surface area contributed by atoms with Gasteiger partial charge in [0.1, 0.15) is 0 Å². The van der Waals surface area contributed by atoms with Crippen molar-refractivity contribution < 1.29 is 0 Å². The average molecular weight is 424 g/mol. The van der Waals surface area contributed by atoms with Crippen LogP contribution in [0.4, 0.5) is 0 Å². The molecule has 1 rings (SSSR count). The second kappa shape index (κ2) is 10.4. The van der Waals surface area contributed by atoms with Crippen molar-refractivity contribution in [2.75, 3.05) is 33.7 Å². The quantitative estimate of drug-likeness (QED) is 0.402. The van der Waals surface area contributed by atoms with Gasteiger partial charge in [0, 0.05) is 24.5 Å². The number of halogens is 1. The van der Waals surface area contributed by atoms with E-state index in [2.05, 4.69) is 72.9 Å². The summed E-state index contributed by atoms with van der Waals surface area (Å²) in [5.41, 5.74) is 0.211. The van der Waals surface area contributed by atoms with Crippen molar-refractivity contribution in [3.05, 3.63) is 22.4 Å². The Hall–Kier alpha value is -0.340. The van der Waals surface area contributed by atoms with Crippen molar-refractivity contribution in [3.63, 3.8) is 0 Å². The van der Waals surface area contributed by atoms with Crippen LogP contribution in [0.3, 0.4) is 0 Å². The molecular weight excluding hydrogens is 395 g/mol. The smallest absolute Gasteiger partial charge is 0.191 e. The SMILES string of the molecule is CCNC(=NCc1cccs1)NCC(C)(C)CN(C)C.I. The summed E-state index contributed by atoms with van der Waals surface area (Å²) >= 11 is 1.75. The molecule has 0 fully saturated rings. The highest BCUT2D eigenvalue weighted by molar-refractivity contribution is 14.0. The number of nitrogens with zero attached hydrogens (tertiary/aromatic N) is 2. The predicted molar refractivity (Wildman–Crippen MR) is 105 cm³/mol. The summed E-state index contributed by atoms with van der Waals surface area (Å²) in [6.07, 6.45) is 0. The van der Waals surface area contributed by atoms with Crippen molar-refractivity contribution in [2.24, 2.45) is 10.4 Å². The summed E-state index contributed by atoms with van der Waals surface area (Å²) in [5, 5.41) is 8.84. The Morgan fingerprint density at radius 3 is 2.57 bits per heavy atom. The molecule has 1 aromatic rings. The van der Waals surface area contributed by atoms with Crippen molar-refractivity contribution >= 4 is 41.3 Å². The number of hydrogen-bond acceptors (Lipinski definition) is 3. The van der Waals surface area contributed by atoms with Gasteiger partial charge >= 0.3 is 0 Å². The molecule has 0 amide bonds. The first-order chi connectivity index (χ1) is 9.43. The number of guanidine groups is 1. The lowest BCUT2D eigenvalue weighted by Crippen LogP contribution is -2.44. The number of rotatable bonds is 7. The van der Waals surface area contributed by atoms with Crippen LogP contribution in [-0.2, 0) is 6.54 Å². The van der Waals surface area contributed by atoms with Crippen molar-refractivity contribution in [3.8, 4) is 0 Å². The third kappa shape index (κ3) is 9.31. The zero-order valence-corrected chi connectivity index (χ0v) is 16.9. The zero-order chi connectivity index (χ0) is 15.0. The summed E-state index contributed by atoms with van der Waals surface area (Å²) in [4.78, 5) is 8.14. The molecule has 0 radical (unpaired) electrons. The molecule has 122 valence electrons. The molecule has 1 heterocycles. The van der Waals surface area contributed by atoms with E-state index in [-0.39, 0.29) is 29.4 Å². The molecule has 6 heteroatoms. The highest BCUT2D eigenvalue weighted by Crippen LogP contribution is 2.14. The largest absolute Gasteiger partial charge is 0.357 e. The summed E-state index contributed by atoms with van der Waals surface area (Å²) in [6, 6.07) is 4.18. The van der Waals surface area contributed by atoms with Crippen LogP contribution in [0, 0.1) is 5.41 Å².